The normalized spacial score (nSPS) is 49.7. The van der Waals surface area contributed by atoms with Crippen LogP contribution in [0.2, 0.25) is 0 Å². The van der Waals surface area contributed by atoms with Gasteiger partial charge in [-0.2, -0.15) is 0 Å². The molecule has 5 atom stereocenters. The monoisotopic (exact) mass is 262 g/mol. The molecule has 0 heterocycles. The summed E-state index contributed by atoms with van der Waals surface area (Å²) < 4.78 is 0. The van der Waals surface area contributed by atoms with Crippen LogP contribution in [-0.4, -0.2) is 17.9 Å². The molecule has 19 heavy (non-hydrogen) atoms. The molecule has 3 aliphatic carbocycles. The summed E-state index contributed by atoms with van der Waals surface area (Å²) in [5.41, 5.74) is -0.971. The SMILES string of the molecule is C[C@]1(C=O)C(=O)CCC2C1CC[C@]1(C)C(=O)CCC21. The number of rotatable bonds is 1. The van der Waals surface area contributed by atoms with E-state index in [4.69, 9.17) is 0 Å². The molecule has 0 spiro atoms. The molecule has 0 bridgehead atoms. The average molecular weight is 262 g/mol. The zero-order chi connectivity index (χ0) is 13.8. The Morgan fingerprint density at radius 2 is 1.68 bits per heavy atom. The second kappa shape index (κ2) is 4.00. The fraction of sp³-hybridized carbons (Fsp3) is 0.812. The van der Waals surface area contributed by atoms with E-state index >= 15 is 0 Å². The smallest absolute Gasteiger partial charge is 0.146 e. The van der Waals surface area contributed by atoms with Crippen molar-refractivity contribution >= 4 is 17.9 Å². The first kappa shape index (κ1) is 13.0. The molecule has 0 aromatic carbocycles. The molecular formula is C16H22O3. The lowest BCUT2D eigenvalue weighted by Gasteiger charge is -2.52. The summed E-state index contributed by atoms with van der Waals surface area (Å²) in [5.74, 6) is 1.46. The topological polar surface area (TPSA) is 51.2 Å². The molecule has 3 aliphatic rings. The van der Waals surface area contributed by atoms with Gasteiger partial charge in [-0.05, 0) is 50.4 Å². The lowest BCUT2D eigenvalue weighted by Crippen LogP contribution is -2.53. The van der Waals surface area contributed by atoms with Crippen LogP contribution in [-0.2, 0) is 14.4 Å². The van der Waals surface area contributed by atoms with Crippen molar-refractivity contribution in [2.24, 2.45) is 28.6 Å². The molecule has 0 aromatic rings. The van der Waals surface area contributed by atoms with Crippen LogP contribution in [0.1, 0.15) is 52.4 Å². The van der Waals surface area contributed by atoms with Crippen molar-refractivity contribution in [3.63, 3.8) is 0 Å². The number of hydrogen-bond acceptors (Lipinski definition) is 3. The third-order valence-electron chi connectivity index (χ3n) is 6.47. The van der Waals surface area contributed by atoms with Crippen molar-refractivity contribution in [1.82, 2.24) is 0 Å². The van der Waals surface area contributed by atoms with Gasteiger partial charge in [0.1, 0.15) is 17.9 Å². The van der Waals surface area contributed by atoms with Gasteiger partial charge in [0.25, 0.3) is 0 Å². The first-order valence-corrected chi connectivity index (χ1v) is 7.46. The highest BCUT2D eigenvalue weighted by atomic mass is 16.1. The molecule has 104 valence electrons. The van der Waals surface area contributed by atoms with E-state index in [1.165, 1.54) is 0 Å². The molecule has 3 heteroatoms. The van der Waals surface area contributed by atoms with Gasteiger partial charge >= 0.3 is 0 Å². The molecule has 0 aliphatic heterocycles. The van der Waals surface area contributed by atoms with Gasteiger partial charge in [0.05, 0.1) is 5.41 Å². The van der Waals surface area contributed by atoms with Gasteiger partial charge in [-0.15, -0.1) is 0 Å². The van der Waals surface area contributed by atoms with Gasteiger partial charge < -0.3 is 4.79 Å². The predicted molar refractivity (Wildman–Crippen MR) is 70.5 cm³/mol. The lowest BCUT2D eigenvalue weighted by atomic mass is 9.50. The van der Waals surface area contributed by atoms with Crippen LogP contribution < -0.4 is 0 Å². The number of aldehydes is 1. The van der Waals surface area contributed by atoms with E-state index in [0.717, 1.165) is 32.0 Å². The maximum atomic E-state index is 12.2. The van der Waals surface area contributed by atoms with Crippen molar-refractivity contribution in [3.05, 3.63) is 0 Å². The van der Waals surface area contributed by atoms with Gasteiger partial charge in [0, 0.05) is 18.3 Å². The fourth-order valence-corrected chi connectivity index (χ4v) is 5.13. The first-order valence-electron chi connectivity index (χ1n) is 7.46. The Bertz CT molecular complexity index is 455. The number of hydrogen-bond donors (Lipinski definition) is 0. The van der Waals surface area contributed by atoms with Crippen molar-refractivity contribution in [2.75, 3.05) is 0 Å². The molecule has 0 saturated heterocycles. The van der Waals surface area contributed by atoms with Gasteiger partial charge in [0.15, 0.2) is 0 Å². The minimum Gasteiger partial charge on any atom is -0.302 e. The molecule has 3 saturated carbocycles. The van der Waals surface area contributed by atoms with E-state index < -0.39 is 5.41 Å². The van der Waals surface area contributed by atoms with E-state index in [2.05, 4.69) is 6.92 Å². The highest BCUT2D eigenvalue weighted by Crippen LogP contribution is 2.60. The number of fused-ring (bicyclic) bond motifs is 3. The molecule has 3 nitrogen and oxygen atoms in total. The molecule has 0 N–H and O–H groups in total. The molecular weight excluding hydrogens is 240 g/mol. The lowest BCUT2D eigenvalue weighted by molar-refractivity contribution is -0.150. The average Bonchev–Trinajstić information content (AvgIpc) is 2.70. The summed E-state index contributed by atoms with van der Waals surface area (Å²) in [6.45, 7) is 3.93. The van der Waals surface area contributed by atoms with Crippen molar-refractivity contribution < 1.29 is 14.4 Å². The standard InChI is InChI=1S/C16H22O3/c1-15-8-7-12-10(11(15)4-6-13(15)18)3-5-14(19)16(12,2)9-17/h9-12H,3-8H2,1-2H3/t10?,11?,12?,15-,16+/m0/s1. The zero-order valence-corrected chi connectivity index (χ0v) is 11.8. The van der Waals surface area contributed by atoms with E-state index in [9.17, 15) is 14.4 Å². The van der Waals surface area contributed by atoms with Gasteiger partial charge in [0.2, 0.25) is 0 Å². The predicted octanol–water partition coefficient (Wildman–Crippen LogP) is 2.57. The Hall–Kier alpha value is -0.990. The number of ketones is 2. The quantitative estimate of drug-likeness (QED) is 0.539. The van der Waals surface area contributed by atoms with Crippen LogP contribution >= 0.6 is 0 Å². The summed E-state index contributed by atoms with van der Waals surface area (Å²) in [4.78, 5) is 35.8. The van der Waals surface area contributed by atoms with Crippen molar-refractivity contribution in [3.8, 4) is 0 Å². The summed E-state index contributed by atoms with van der Waals surface area (Å²) in [6, 6.07) is 0. The van der Waals surface area contributed by atoms with Gasteiger partial charge in [-0.3, -0.25) is 9.59 Å². The van der Waals surface area contributed by atoms with Crippen LogP contribution in [0.5, 0.6) is 0 Å². The van der Waals surface area contributed by atoms with Gasteiger partial charge in [-0.25, -0.2) is 0 Å². The Kier molecular flexibility index (Phi) is 2.74. The second-order valence-corrected chi connectivity index (χ2v) is 7.16. The summed E-state index contributed by atoms with van der Waals surface area (Å²) >= 11 is 0. The van der Waals surface area contributed by atoms with Crippen LogP contribution in [0.15, 0.2) is 0 Å². The Morgan fingerprint density at radius 3 is 2.37 bits per heavy atom. The summed E-state index contributed by atoms with van der Waals surface area (Å²) in [7, 11) is 0. The Balaban J connectivity index is 1.97. The van der Waals surface area contributed by atoms with E-state index in [0.29, 0.717) is 30.5 Å². The highest BCUT2D eigenvalue weighted by molar-refractivity contribution is 5.99. The second-order valence-electron chi connectivity index (χ2n) is 7.16. The minimum absolute atomic E-state index is 0.108. The third-order valence-corrected chi connectivity index (χ3v) is 6.47. The maximum absolute atomic E-state index is 12.2. The van der Waals surface area contributed by atoms with Gasteiger partial charge in [-0.1, -0.05) is 6.92 Å². The third kappa shape index (κ3) is 1.53. The largest absolute Gasteiger partial charge is 0.302 e. The summed E-state index contributed by atoms with van der Waals surface area (Å²) in [5, 5.41) is 0. The number of carbonyl (C=O) groups is 3. The number of Topliss-reactive ketones (excluding diaryl/α,β-unsaturated/α-hetero) is 2. The molecule has 0 radical (unpaired) electrons. The minimum atomic E-state index is -0.796. The van der Waals surface area contributed by atoms with E-state index in [1.54, 1.807) is 0 Å². The molecule has 3 fully saturated rings. The molecule has 3 rings (SSSR count). The molecule has 0 amide bonds. The summed E-state index contributed by atoms with van der Waals surface area (Å²) in [6.07, 6.45) is 5.62. The van der Waals surface area contributed by atoms with Crippen LogP contribution in [0.25, 0.3) is 0 Å². The van der Waals surface area contributed by atoms with Crippen molar-refractivity contribution in [2.45, 2.75) is 52.4 Å². The van der Waals surface area contributed by atoms with Crippen LogP contribution in [0.3, 0.4) is 0 Å². The van der Waals surface area contributed by atoms with Crippen molar-refractivity contribution in [1.29, 1.82) is 0 Å². The molecule has 3 unspecified atom stereocenters. The molecule has 0 aromatic heterocycles. The Labute approximate surface area is 114 Å². The number of carbonyl (C=O) groups excluding carboxylic acids is 3. The Morgan fingerprint density at radius 1 is 1.00 bits per heavy atom. The van der Waals surface area contributed by atoms with E-state index in [-0.39, 0.29) is 17.1 Å². The zero-order valence-electron chi connectivity index (χ0n) is 11.8. The first-order chi connectivity index (χ1) is 8.93. The van der Waals surface area contributed by atoms with Crippen LogP contribution in [0.4, 0.5) is 0 Å². The fourth-order valence-electron chi connectivity index (χ4n) is 5.13. The van der Waals surface area contributed by atoms with E-state index in [1.807, 2.05) is 6.92 Å². The maximum Gasteiger partial charge on any atom is 0.146 e. The highest BCUT2D eigenvalue weighted by Gasteiger charge is 2.59. The van der Waals surface area contributed by atoms with Crippen LogP contribution in [0, 0.1) is 28.6 Å².